The van der Waals surface area contributed by atoms with Gasteiger partial charge in [0.1, 0.15) is 15.6 Å². The lowest BCUT2D eigenvalue weighted by Crippen LogP contribution is -2.11. The van der Waals surface area contributed by atoms with Crippen molar-refractivity contribution in [3.63, 3.8) is 0 Å². The molecule has 0 saturated carbocycles. The number of carbonyl (C=O) groups is 1. The molecule has 1 heterocycles. The summed E-state index contributed by atoms with van der Waals surface area (Å²) in [7, 11) is 0. The number of nitrogens with zero attached hydrogens (tertiary/aromatic N) is 1. The lowest BCUT2D eigenvalue weighted by molar-refractivity contribution is 0.103. The van der Waals surface area contributed by atoms with E-state index in [1.807, 2.05) is 18.2 Å². The summed E-state index contributed by atoms with van der Waals surface area (Å²) in [6, 6.07) is 13.8. The van der Waals surface area contributed by atoms with Crippen molar-refractivity contribution in [2.45, 2.75) is 6.92 Å². The number of hydrogen-bond donors (Lipinski definition) is 2. The van der Waals surface area contributed by atoms with Crippen molar-refractivity contribution in [1.82, 2.24) is 4.98 Å². The Hall–Kier alpha value is -2.37. The predicted octanol–water partition coefficient (Wildman–Crippen LogP) is 4.73. The third-order valence-corrected chi connectivity index (χ3v) is 4.62. The van der Waals surface area contributed by atoms with Crippen LogP contribution >= 0.6 is 22.9 Å². The number of aromatic nitrogens is 1. The first-order valence-corrected chi connectivity index (χ1v) is 8.06. The van der Waals surface area contributed by atoms with Crippen LogP contribution in [0.3, 0.4) is 0 Å². The molecule has 116 valence electrons. The van der Waals surface area contributed by atoms with E-state index < -0.39 is 0 Å². The molecule has 0 fully saturated rings. The number of hydrogen-bond acceptors (Lipinski definition) is 4. The van der Waals surface area contributed by atoms with Crippen LogP contribution in [0.4, 0.5) is 5.69 Å². The number of aryl methyl sites for hydroxylation is 1. The van der Waals surface area contributed by atoms with Crippen LogP contribution in [0.15, 0.2) is 48.5 Å². The van der Waals surface area contributed by atoms with Gasteiger partial charge in [-0.3, -0.25) is 4.79 Å². The molecular weight excluding hydrogens is 332 g/mol. The molecule has 3 rings (SSSR count). The molecule has 1 aromatic heterocycles. The van der Waals surface area contributed by atoms with Crippen LogP contribution in [0.1, 0.15) is 15.4 Å². The van der Waals surface area contributed by atoms with E-state index in [1.165, 1.54) is 17.4 Å². The number of benzene rings is 2. The van der Waals surface area contributed by atoms with E-state index in [4.69, 9.17) is 11.6 Å². The van der Waals surface area contributed by atoms with Crippen molar-refractivity contribution in [3.8, 4) is 16.3 Å². The second kappa shape index (κ2) is 6.40. The van der Waals surface area contributed by atoms with E-state index in [9.17, 15) is 9.90 Å². The minimum Gasteiger partial charge on any atom is -0.508 e. The third-order valence-electron chi connectivity index (χ3n) is 3.18. The van der Waals surface area contributed by atoms with Crippen molar-refractivity contribution in [2.75, 3.05) is 5.32 Å². The third kappa shape index (κ3) is 3.52. The number of aromatic hydroxyl groups is 1. The number of anilines is 1. The minimum atomic E-state index is -0.251. The Morgan fingerprint density at radius 2 is 2.00 bits per heavy atom. The highest BCUT2D eigenvalue weighted by atomic mass is 35.5. The van der Waals surface area contributed by atoms with Gasteiger partial charge in [-0.15, -0.1) is 11.3 Å². The van der Waals surface area contributed by atoms with E-state index >= 15 is 0 Å². The summed E-state index contributed by atoms with van der Waals surface area (Å²) in [5.41, 5.74) is 2.07. The fraction of sp³-hybridized carbons (Fsp3) is 0.0588. The normalized spacial score (nSPS) is 10.5. The van der Waals surface area contributed by atoms with Crippen LogP contribution < -0.4 is 5.32 Å². The highest BCUT2D eigenvalue weighted by Gasteiger charge is 2.16. The first-order chi connectivity index (χ1) is 11.0. The average Bonchev–Trinajstić information content (AvgIpc) is 2.89. The van der Waals surface area contributed by atoms with Gasteiger partial charge < -0.3 is 10.4 Å². The zero-order chi connectivity index (χ0) is 16.4. The Bertz CT molecular complexity index is 877. The second-order valence-electron chi connectivity index (χ2n) is 4.95. The van der Waals surface area contributed by atoms with Crippen molar-refractivity contribution >= 4 is 34.5 Å². The molecule has 23 heavy (non-hydrogen) atoms. The van der Waals surface area contributed by atoms with Crippen LogP contribution in [-0.2, 0) is 0 Å². The Morgan fingerprint density at radius 3 is 2.74 bits per heavy atom. The number of phenols is 1. The molecule has 2 N–H and O–H groups in total. The molecule has 0 atom stereocenters. The van der Waals surface area contributed by atoms with E-state index in [2.05, 4.69) is 10.3 Å². The monoisotopic (exact) mass is 344 g/mol. The molecule has 0 aliphatic heterocycles. The summed E-state index contributed by atoms with van der Waals surface area (Å²) < 4.78 is 0. The number of amides is 1. The van der Waals surface area contributed by atoms with Crippen LogP contribution in [0, 0.1) is 6.92 Å². The van der Waals surface area contributed by atoms with Gasteiger partial charge in [-0.1, -0.05) is 29.8 Å². The number of halogens is 1. The maximum Gasteiger partial charge on any atom is 0.267 e. The molecule has 6 heteroatoms. The van der Waals surface area contributed by atoms with Crippen LogP contribution in [0.2, 0.25) is 5.02 Å². The number of nitrogens with one attached hydrogen (secondary N) is 1. The maximum atomic E-state index is 12.4. The van der Waals surface area contributed by atoms with Gasteiger partial charge in [-0.2, -0.15) is 0 Å². The number of phenolic OH excluding ortho intramolecular Hbond substituents is 1. The van der Waals surface area contributed by atoms with Crippen molar-refractivity contribution < 1.29 is 9.90 Å². The van der Waals surface area contributed by atoms with Gasteiger partial charge in [0, 0.05) is 22.3 Å². The highest BCUT2D eigenvalue weighted by molar-refractivity contribution is 7.17. The fourth-order valence-corrected chi connectivity index (χ4v) is 3.27. The molecule has 0 saturated heterocycles. The van der Waals surface area contributed by atoms with E-state index in [-0.39, 0.29) is 11.7 Å². The highest BCUT2D eigenvalue weighted by Crippen LogP contribution is 2.30. The second-order valence-corrected chi connectivity index (χ2v) is 6.38. The summed E-state index contributed by atoms with van der Waals surface area (Å²) in [6.45, 7) is 1.79. The quantitative estimate of drug-likeness (QED) is 0.722. The van der Waals surface area contributed by atoms with Gasteiger partial charge in [0.15, 0.2) is 0 Å². The van der Waals surface area contributed by atoms with Crippen LogP contribution in [-0.4, -0.2) is 16.0 Å². The number of thiazole rings is 1. The predicted molar refractivity (Wildman–Crippen MR) is 93.4 cm³/mol. The molecule has 0 aliphatic carbocycles. The van der Waals surface area contributed by atoms with Gasteiger partial charge in [0.05, 0.1) is 5.69 Å². The van der Waals surface area contributed by atoms with Gasteiger partial charge >= 0.3 is 0 Å². The molecule has 3 aromatic rings. The summed E-state index contributed by atoms with van der Waals surface area (Å²) in [5.74, 6) is -0.151. The summed E-state index contributed by atoms with van der Waals surface area (Å²) in [6.07, 6.45) is 0. The lowest BCUT2D eigenvalue weighted by atomic mass is 10.2. The fourth-order valence-electron chi connectivity index (χ4n) is 2.12. The standard InChI is InChI=1S/C17H13ClN2O2S/c1-10-15(16(22)20-13-6-3-7-14(21)9-13)23-17(19-10)11-4-2-5-12(18)8-11/h2-9,21H,1H3,(H,20,22). The van der Waals surface area contributed by atoms with Crippen molar-refractivity contribution in [2.24, 2.45) is 0 Å². The Kier molecular flexibility index (Phi) is 4.32. The van der Waals surface area contributed by atoms with Crippen LogP contribution in [0.25, 0.3) is 10.6 Å². The van der Waals surface area contributed by atoms with Gasteiger partial charge in [0.25, 0.3) is 5.91 Å². The lowest BCUT2D eigenvalue weighted by Gasteiger charge is -2.04. The molecule has 0 aliphatic rings. The van der Waals surface area contributed by atoms with Crippen molar-refractivity contribution in [3.05, 3.63) is 64.1 Å². The first kappa shape index (κ1) is 15.5. The van der Waals surface area contributed by atoms with Crippen molar-refractivity contribution in [1.29, 1.82) is 0 Å². The molecule has 0 radical (unpaired) electrons. The largest absolute Gasteiger partial charge is 0.508 e. The first-order valence-electron chi connectivity index (χ1n) is 6.86. The average molecular weight is 345 g/mol. The molecule has 0 spiro atoms. The molecule has 0 unspecified atom stereocenters. The van der Waals surface area contributed by atoms with Crippen LogP contribution in [0.5, 0.6) is 5.75 Å². The van der Waals surface area contributed by atoms with E-state index in [0.717, 1.165) is 10.6 Å². The molecular formula is C17H13ClN2O2S. The zero-order valence-electron chi connectivity index (χ0n) is 12.2. The molecule has 1 amide bonds. The van der Waals surface area contributed by atoms with E-state index in [0.29, 0.717) is 21.3 Å². The SMILES string of the molecule is Cc1nc(-c2cccc(Cl)c2)sc1C(=O)Nc1cccc(O)c1. The minimum absolute atomic E-state index is 0.100. The smallest absolute Gasteiger partial charge is 0.267 e. The number of carbonyl (C=O) groups excluding carboxylic acids is 1. The van der Waals surface area contributed by atoms with Gasteiger partial charge in [-0.05, 0) is 31.2 Å². The Balaban J connectivity index is 1.87. The molecule has 4 nitrogen and oxygen atoms in total. The molecule has 2 aromatic carbocycles. The maximum absolute atomic E-state index is 12.4. The topological polar surface area (TPSA) is 62.2 Å². The number of rotatable bonds is 3. The molecule has 0 bridgehead atoms. The summed E-state index contributed by atoms with van der Waals surface area (Å²) in [5, 5.41) is 13.6. The van der Waals surface area contributed by atoms with E-state index in [1.54, 1.807) is 31.2 Å². The zero-order valence-corrected chi connectivity index (χ0v) is 13.8. The summed E-state index contributed by atoms with van der Waals surface area (Å²) >= 11 is 7.31. The Morgan fingerprint density at radius 1 is 1.22 bits per heavy atom. The summed E-state index contributed by atoms with van der Waals surface area (Å²) in [4.78, 5) is 17.4. The van der Waals surface area contributed by atoms with Gasteiger partial charge in [-0.25, -0.2) is 4.98 Å². The Labute approximate surface area is 142 Å². The van der Waals surface area contributed by atoms with Gasteiger partial charge in [0.2, 0.25) is 0 Å².